The summed E-state index contributed by atoms with van der Waals surface area (Å²) >= 11 is 0. The van der Waals surface area contributed by atoms with Gasteiger partial charge in [-0.2, -0.15) is 0 Å². The molecular formula is C31H43N3O5. The van der Waals surface area contributed by atoms with Gasteiger partial charge in [0.15, 0.2) is 0 Å². The van der Waals surface area contributed by atoms with Crippen LogP contribution in [0, 0.1) is 11.8 Å². The highest BCUT2D eigenvalue weighted by molar-refractivity contribution is 5.99. The molecule has 0 aliphatic carbocycles. The minimum absolute atomic E-state index is 0.102. The van der Waals surface area contributed by atoms with Crippen molar-refractivity contribution in [2.45, 2.75) is 76.3 Å². The molecule has 8 nitrogen and oxygen atoms in total. The van der Waals surface area contributed by atoms with Gasteiger partial charge in [0, 0.05) is 38.8 Å². The van der Waals surface area contributed by atoms with Crippen molar-refractivity contribution in [1.82, 2.24) is 14.7 Å². The molecule has 212 valence electrons. The first-order chi connectivity index (χ1) is 18.7. The number of aliphatic hydroxyl groups excluding tert-OH is 1. The molecule has 39 heavy (non-hydrogen) atoms. The monoisotopic (exact) mass is 537 g/mol. The SMILES string of the molecule is C=CCN(Cc1ccccc1)C(=O)[C@@H]1[C@H]2C(=O)N(CCCO)C(C(=O)N(CC=C)C(C)C)C23CC[C@@]1(CC)O3. The molecule has 1 N–H and O–H groups in total. The minimum atomic E-state index is -1.08. The lowest BCUT2D eigenvalue weighted by molar-refractivity contribution is -0.156. The van der Waals surface area contributed by atoms with E-state index in [1.54, 1.807) is 26.9 Å². The van der Waals surface area contributed by atoms with Crippen molar-refractivity contribution in [3.63, 3.8) is 0 Å². The van der Waals surface area contributed by atoms with Crippen LogP contribution in [0.25, 0.3) is 0 Å². The number of hydrogen-bond acceptors (Lipinski definition) is 5. The fourth-order valence-corrected chi connectivity index (χ4v) is 7.09. The number of rotatable bonds is 13. The van der Waals surface area contributed by atoms with Gasteiger partial charge in [0.25, 0.3) is 0 Å². The number of benzene rings is 1. The number of aliphatic hydroxyl groups is 1. The summed E-state index contributed by atoms with van der Waals surface area (Å²) in [5.41, 5.74) is -0.902. The molecule has 0 aromatic heterocycles. The second kappa shape index (κ2) is 11.6. The van der Waals surface area contributed by atoms with Crippen molar-refractivity contribution in [2.24, 2.45) is 11.8 Å². The predicted octanol–water partition coefficient (Wildman–Crippen LogP) is 3.16. The van der Waals surface area contributed by atoms with E-state index in [-0.39, 0.29) is 36.9 Å². The molecule has 2 bridgehead atoms. The average Bonchev–Trinajstić information content (AvgIpc) is 3.53. The molecule has 3 aliphatic rings. The standard InChI is InChI=1S/C31H43N3O5/c1-6-17-32(21-23-13-10-9-11-14-23)27(36)24-25-28(37)34(19-12-20-35)26(29(38)33(18-7-2)22(4)5)31(25)16-15-30(24,8-3)39-31/h6-7,9-11,13-14,22,24-26,35H,1-2,8,12,15-21H2,3-5H3/t24-,25-,26?,30+,31?/m0/s1. The van der Waals surface area contributed by atoms with Crippen LogP contribution in [0.1, 0.15) is 52.0 Å². The highest BCUT2D eigenvalue weighted by Crippen LogP contribution is 2.64. The third-order valence-corrected chi connectivity index (χ3v) is 8.85. The summed E-state index contributed by atoms with van der Waals surface area (Å²) in [4.78, 5) is 47.9. The van der Waals surface area contributed by atoms with Gasteiger partial charge in [-0.15, -0.1) is 13.2 Å². The largest absolute Gasteiger partial charge is 0.396 e. The van der Waals surface area contributed by atoms with Gasteiger partial charge in [-0.1, -0.05) is 49.4 Å². The Morgan fingerprint density at radius 1 is 1.15 bits per heavy atom. The molecule has 1 spiro atoms. The molecule has 0 radical (unpaired) electrons. The van der Waals surface area contributed by atoms with Gasteiger partial charge in [-0.25, -0.2) is 0 Å². The summed E-state index contributed by atoms with van der Waals surface area (Å²) < 4.78 is 6.88. The number of carbonyl (C=O) groups excluding carboxylic acids is 3. The fraction of sp³-hybridized carbons (Fsp3) is 0.581. The first-order valence-electron chi connectivity index (χ1n) is 14.2. The van der Waals surface area contributed by atoms with Crippen molar-refractivity contribution in [3.05, 3.63) is 61.2 Å². The van der Waals surface area contributed by atoms with E-state index in [2.05, 4.69) is 13.2 Å². The number of ether oxygens (including phenoxy) is 1. The Hall–Kier alpha value is -2.97. The molecule has 3 aliphatic heterocycles. The van der Waals surface area contributed by atoms with E-state index in [0.717, 1.165) is 5.56 Å². The molecule has 3 heterocycles. The summed E-state index contributed by atoms with van der Waals surface area (Å²) in [5.74, 6) is -2.01. The van der Waals surface area contributed by atoms with Gasteiger partial charge >= 0.3 is 0 Å². The normalized spacial score (nSPS) is 29.0. The van der Waals surface area contributed by atoms with Gasteiger partial charge in [0.2, 0.25) is 17.7 Å². The minimum Gasteiger partial charge on any atom is -0.396 e. The lowest BCUT2D eigenvalue weighted by atomic mass is 9.64. The zero-order valence-electron chi connectivity index (χ0n) is 23.6. The molecule has 3 saturated heterocycles. The van der Waals surface area contributed by atoms with E-state index in [0.29, 0.717) is 45.3 Å². The van der Waals surface area contributed by atoms with E-state index >= 15 is 0 Å². The summed E-state index contributed by atoms with van der Waals surface area (Å²) in [6.07, 6.45) is 5.45. The number of amides is 3. The maximum atomic E-state index is 14.4. The van der Waals surface area contributed by atoms with E-state index in [4.69, 9.17) is 4.74 Å². The highest BCUT2D eigenvalue weighted by atomic mass is 16.5. The van der Waals surface area contributed by atoms with Crippen LogP contribution in [-0.2, 0) is 25.7 Å². The van der Waals surface area contributed by atoms with Crippen LogP contribution in [0.4, 0.5) is 0 Å². The molecule has 1 aromatic carbocycles. The van der Waals surface area contributed by atoms with E-state index in [1.165, 1.54) is 0 Å². The Balaban J connectivity index is 1.77. The summed E-state index contributed by atoms with van der Waals surface area (Å²) in [6, 6.07) is 8.81. The van der Waals surface area contributed by atoms with Crippen molar-refractivity contribution >= 4 is 17.7 Å². The smallest absolute Gasteiger partial charge is 0.248 e. The molecule has 8 heteroatoms. The first-order valence-corrected chi connectivity index (χ1v) is 14.2. The maximum Gasteiger partial charge on any atom is 0.248 e. The summed E-state index contributed by atoms with van der Waals surface area (Å²) in [5, 5.41) is 9.60. The number of fused-ring (bicyclic) bond motifs is 1. The van der Waals surface area contributed by atoms with Crippen LogP contribution in [0.2, 0.25) is 0 Å². The van der Waals surface area contributed by atoms with Crippen molar-refractivity contribution in [1.29, 1.82) is 0 Å². The van der Waals surface area contributed by atoms with Gasteiger partial charge in [-0.3, -0.25) is 14.4 Å². The molecule has 3 fully saturated rings. The zero-order valence-corrected chi connectivity index (χ0v) is 23.6. The number of hydrogen-bond donors (Lipinski definition) is 1. The van der Waals surface area contributed by atoms with Crippen molar-refractivity contribution in [2.75, 3.05) is 26.2 Å². The molecule has 0 saturated carbocycles. The Morgan fingerprint density at radius 3 is 2.44 bits per heavy atom. The van der Waals surface area contributed by atoms with Crippen molar-refractivity contribution < 1.29 is 24.2 Å². The van der Waals surface area contributed by atoms with Crippen LogP contribution in [0.15, 0.2) is 55.6 Å². The van der Waals surface area contributed by atoms with Gasteiger partial charge in [0.05, 0.1) is 17.4 Å². The number of nitrogens with zero attached hydrogens (tertiary/aromatic N) is 3. The van der Waals surface area contributed by atoms with Gasteiger partial charge in [-0.05, 0) is 45.1 Å². The fourth-order valence-electron chi connectivity index (χ4n) is 7.09. The third kappa shape index (κ3) is 4.82. The second-order valence-corrected chi connectivity index (χ2v) is 11.3. The second-order valence-electron chi connectivity index (χ2n) is 11.3. The Kier molecular flexibility index (Phi) is 8.66. The molecule has 5 atom stereocenters. The summed E-state index contributed by atoms with van der Waals surface area (Å²) in [7, 11) is 0. The molecule has 3 amide bonds. The average molecular weight is 538 g/mol. The quantitative estimate of drug-likeness (QED) is 0.391. The molecule has 2 unspecified atom stereocenters. The lowest BCUT2D eigenvalue weighted by Gasteiger charge is -2.38. The topological polar surface area (TPSA) is 90.4 Å². The lowest BCUT2D eigenvalue weighted by Crippen LogP contribution is -2.57. The van der Waals surface area contributed by atoms with E-state index < -0.39 is 29.1 Å². The number of likely N-dealkylation sites (tertiary alicyclic amines) is 1. The Morgan fingerprint density at radius 2 is 1.85 bits per heavy atom. The van der Waals surface area contributed by atoms with Crippen LogP contribution in [-0.4, -0.2) is 87.1 Å². The van der Waals surface area contributed by atoms with Gasteiger partial charge < -0.3 is 24.5 Å². The van der Waals surface area contributed by atoms with Crippen LogP contribution in [0.5, 0.6) is 0 Å². The number of carbonyl (C=O) groups is 3. The third-order valence-electron chi connectivity index (χ3n) is 8.85. The Bertz CT molecular complexity index is 1090. The van der Waals surface area contributed by atoms with Crippen LogP contribution >= 0.6 is 0 Å². The predicted molar refractivity (Wildman–Crippen MR) is 149 cm³/mol. The van der Waals surface area contributed by atoms with Gasteiger partial charge in [0.1, 0.15) is 11.6 Å². The first kappa shape index (κ1) is 29.0. The highest BCUT2D eigenvalue weighted by Gasteiger charge is 2.79. The zero-order chi connectivity index (χ0) is 28.4. The van der Waals surface area contributed by atoms with E-state index in [1.807, 2.05) is 51.1 Å². The maximum absolute atomic E-state index is 14.4. The molecular weight excluding hydrogens is 494 g/mol. The van der Waals surface area contributed by atoms with Crippen LogP contribution in [0.3, 0.4) is 0 Å². The molecule has 1 aromatic rings. The Labute approximate surface area is 232 Å². The summed E-state index contributed by atoms with van der Waals surface area (Å²) in [6.45, 7) is 14.8. The van der Waals surface area contributed by atoms with Crippen LogP contribution < -0.4 is 0 Å². The molecule has 4 rings (SSSR count). The van der Waals surface area contributed by atoms with E-state index in [9.17, 15) is 19.5 Å². The van der Waals surface area contributed by atoms with Crippen molar-refractivity contribution in [3.8, 4) is 0 Å².